The summed E-state index contributed by atoms with van der Waals surface area (Å²) in [4.78, 5) is 28.8. The van der Waals surface area contributed by atoms with Crippen LogP contribution >= 0.6 is 11.3 Å². The lowest BCUT2D eigenvalue weighted by molar-refractivity contribution is 0.0526. The van der Waals surface area contributed by atoms with Gasteiger partial charge in [0, 0.05) is 23.5 Å². The molecule has 0 fully saturated rings. The number of nitrogens with zero attached hydrogens (tertiary/aromatic N) is 1. The molecule has 1 amide bonds. The van der Waals surface area contributed by atoms with E-state index >= 15 is 0 Å². The lowest BCUT2D eigenvalue weighted by Crippen LogP contribution is -2.30. The van der Waals surface area contributed by atoms with Gasteiger partial charge in [-0.1, -0.05) is 6.92 Å². The monoisotopic (exact) mass is 402 g/mol. The number of anilines is 1. The van der Waals surface area contributed by atoms with Crippen LogP contribution in [0.25, 0.3) is 0 Å². The first-order valence-electron chi connectivity index (χ1n) is 9.65. The van der Waals surface area contributed by atoms with Crippen molar-refractivity contribution < 1.29 is 19.1 Å². The zero-order chi connectivity index (χ0) is 20.1. The van der Waals surface area contributed by atoms with Crippen LogP contribution in [0.3, 0.4) is 0 Å². The molecule has 28 heavy (non-hydrogen) atoms. The second-order valence-electron chi connectivity index (χ2n) is 6.46. The van der Waals surface area contributed by atoms with Crippen LogP contribution in [0.5, 0.6) is 5.75 Å². The van der Waals surface area contributed by atoms with Gasteiger partial charge >= 0.3 is 5.97 Å². The Morgan fingerprint density at radius 2 is 1.89 bits per heavy atom. The van der Waals surface area contributed by atoms with Crippen LogP contribution in [0.2, 0.25) is 0 Å². The summed E-state index contributed by atoms with van der Waals surface area (Å²) < 4.78 is 10.7. The molecule has 1 aliphatic rings. The van der Waals surface area contributed by atoms with Crippen molar-refractivity contribution in [2.45, 2.75) is 33.7 Å². The highest BCUT2D eigenvalue weighted by atomic mass is 32.1. The number of carbonyl (C=O) groups excluding carboxylic acids is 2. The SMILES string of the molecule is CCOC(=O)c1c(NC(=O)c2ccc(OCC)cc2)sc2c1CCN(CC)C2. The van der Waals surface area contributed by atoms with Crippen LogP contribution in [0.1, 0.15) is 51.9 Å². The molecule has 3 rings (SSSR count). The van der Waals surface area contributed by atoms with Crippen LogP contribution in [0, 0.1) is 0 Å². The number of nitrogens with one attached hydrogen (secondary N) is 1. The third kappa shape index (κ3) is 4.36. The number of ether oxygens (including phenoxy) is 2. The van der Waals surface area contributed by atoms with Gasteiger partial charge in [-0.15, -0.1) is 11.3 Å². The first kappa shape index (κ1) is 20.4. The number of fused-ring (bicyclic) bond motifs is 1. The summed E-state index contributed by atoms with van der Waals surface area (Å²) in [5, 5.41) is 3.50. The molecule has 0 radical (unpaired) electrons. The highest BCUT2D eigenvalue weighted by Gasteiger charge is 2.29. The van der Waals surface area contributed by atoms with E-state index in [1.807, 2.05) is 6.92 Å². The van der Waals surface area contributed by atoms with E-state index in [0.717, 1.165) is 42.2 Å². The van der Waals surface area contributed by atoms with Gasteiger partial charge in [0.2, 0.25) is 0 Å². The predicted molar refractivity (Wildman–Crippen MR) is 110 cm³/mol. The predicted octanol–water partition coefficient (Wildman–Crippen LogP) is 3.95. The van der Waals surface area contributed by atoms with Crippen LogP contribution in [-0.2, 0) is 17.7 Å². The number of thiophene rings is 1. The second-order valence-corrected chi connectivity index (χ2v) is 7.56. The summed E-state index contributed by atoms with van der Waals surface area (Å²) in [6, 6.07) is 6.97. The number of hydrogen-bond acceptors (Lipinski definition) is 6. The molecule has 0 saturated heterocycles. The minimum absolute atomic E-state index is 0.250. The summed E-state index contributed by atoms with van der Waals surface area (Å²) in [5.74, 6) is 0.101. The number of esters is 1. The maximum Gasteiger partial charge on any atom is 0.341 e. The maximum atomic E-state index is 12.7. The van der Waals surface area contributed by atoms with E-state index < -0.39 is 0 Å². The Labute approximate surface area is 169 Å². The Bertz CT molecular complexity index is 845. The number of benzene rings is 1. The highest BCUT2D eigenvalue weighted by molar-refractivity contribution is 7.17. The molecular weight excluding hydrogens is 376 g/mol. The fourth-order valence-electron chi connectivity index (χ4n) is 3.28. The van der Waals surface area contributed by atoms with E-state index in [9.17, 15) is 9.59 Å². The lowest BCUT2D eigenvalue weighted by Gasteiger charge is -2.25. The molecule has 0 spiro atoms. The average molecular weight is 403 g/mol. The topological polar surface area (TPSA) is 67.9 Å². The van der Waals surface area contributed by atoms with Gasteiger partial charge in [-0.25, -0.2) is 4.79 Å². The van der Waals surface area contributed by atoms with E-state index in [1.54, 1.807) is 31.2 Å². The van der Waals surface area contributed by atoms with Gasteiger partial charge in [0.1, 0.15) is 10.8 Å². The molecule has 0 bridgehead atoms. The van der Waals surface area contributed by atoms with Crippen molar-refractivity contribution in [3.05, 3.63) is 45.8 Å². The van der Waals surface area contributed by atoms with Crippen LogP contribution < -0.4 is 10.1 Å². The largest absolute Gasteiger partial charge is 0.494 e. The first-order valence-corrected chi connectivity index (χ1v) is 10.5. The molecule has 0 unspecified atom stereocenters. The molecule has 0 aliphatic carbocycles. The van der Waals surface area contributed by atoms with Gasteiger partial charge < -0.3 is 14.8 Å². The molecular formula is C21H26N2O4S. The van der Waals surface area contributed by atoms with Crippen molar-refractivity contribution in [1.29, 1.82) is 0 Å². The maximum absolute atomic E-state index is 12.7. The standard InChI is InChI=1S/C21H26N2O4S/c1-4-23-12-11-16-17(13-23)28-20(18(16)21(25)27-6-3)22-19(24)14-7-9-15(10-8-14)26-5-2/h7-10H,4-6,11-13H2,1-3H3,(H,22,24). The van der Waals surface area contributed by atoms with Gasteiger partial charge in [0.15, 0.2) is 0 Å². The van der Waals surface area contributed by atoms with Gasteiger partial charge in [-0.2, -0.15) is 0 Å². The molecule has 1 aliphatic heterocycles. The Morgan fingerprint density at radius 1 is 1.14 bits per heavy atom. The molecule has 7 heteroatoms. The summed E-state index contributed by atoms with van der Waals surface area (Å²) in [6.07, 6.45) is 0.784. The summed E-state index contributed by atoms with van der Waals surface area (Å²) in [6.45, 7) is 9.35. The zero-order valence-corrected chi connectivity index (χ0v) is 17.4. The molecule has 2 aromatic rings. The normalized spacial score (nSPS) is 13.7. The highest BCUT2D eigenvalue weighted by Crippen LogP contribution is 2.38. The molecule has 6 nitrogen and oxygen atoms in total. The Balaban J connectivity index is 1.86. The summed E-state index contributed by atoms with van der Waals surface area (Å²) in [5.41, 5.74) is 2.03. The number of rotatable bonds is 7. The fourth-order valence-corrected chi connectivity index (χ4v) is 4.55. The number of amides is 1. The summed E-state index contributed by atoms with van der Waals surface area (Å²) in [7, 11) is 0. The van der Waals surface area contributed by atoms with Crippen molar-refractivity contribution in [3.8, 4) is 5.75 Å². The number of hydrogen-bond donors (Lipinski definition) is 1. The molecule has 1 aromatic carbocycles. The Morgan fingerprint density at radius 3 is 2.54 bits per heavy atom. The molecule has 2 heterocycles. The minimum atomic E-state index is -0.369. The summed E-state index contributed by atoms with van der Waals surface area (Å²) >= 11 is 1.47. The fraction of sp³-hybridized carbons (Fsp3) is 0.429. The number of likely N-dealkylation sites (N-methyl/N-ethyl adjacent to an activating group) is 1. The zero-order valence-electron chi connectivity index (χ0n) is 16.5. The van der Waals surface area contributed by atoms with Crippen LogP contribution in [-0.4, -0.2) is 43.1 Å². The Hall–Kier alpha value is -2.38. The van der Waals surface area contributed by atoms with Gasteiger partial charge in [-0.05, 0) is 56.6 Å². The third-order valence-electron chi connectivity index (χ3n) is 4.72. The van der Waals surface area contributed by atoms with E-state index in [2.05, 4.69) is 17.1 Å². The van der Waals surface area contributed by atoms with Crippen LogP contribution in [0.4, 0.5) is 5.00 Å². The van der Waals surface area contributed by atoms with E-state index in [4.69, 9.17) is 9.47 Å². The van der Waals surface area contributed by atoms with Crippen molar-refractivity contribution in [2.24, 2.45) is 0 Å². The molecule has 150 valence electrons. The number of carbonyl (C=O) groups is 2. The third-order valence-corrected chi connectivity index (χ3v) is 5.85. The van der Waals surface area contributed by atoms with Crippen molar-refractivity contribution in [2.75, 3.05) is 31.6 Å². The molecule has 1 N–H and O–H groups in total. The quantitative estimate of drug-likeness (QED) is 0.710. The van der Waals surface area contributed by atoms with E-state index in [-0.39, 0.29) is 11.9 Å². The minimum Gasteiger partial charge on any atom is -0.494 e. The molecule has 0 saturated carbocycles. The average Bonchev–Trinajstić information content (AvgIpc) is 3.05. The van der Waals surface area contributed by atoms with Gasteiger partial charge in [-0.3, -0.25) is 9.69 Å². The van der Waals surface area contributed by atoms with Gasteiger partial charge in [0.25, 0.3) is 5.91 Å². The first-order chi connectivity index (χ1) is 13.6. The van der Waals surface area contributed by atoms with Gasteiger partial charge in [0.05, 0.1) is 18.8 Å². The Kier molecular flexibility index (Phi) is 6.70. The van der Waals surface area contributed by atoms with E-state index in [0.29, 0.717) is 29.3 Å². The van der Waals surface area contributed by atoms with Crippen molar-refractivity contribution >= 4 is 28.2 Å². The lowest BCUT2D eigenvalue weighted by atomic mass is 10.0. The van der Waals surface area contributed by atoms with Crippen LogP contribution in [0.15, 0.2) is 24.3 Å². The second kappa shape index (κ2) is 9.21. The molecule has 1 aromatic heterocycles. The van der Waals surface area contributed by atoms with E-state index in [1.165, 1.54) is 11.3 Å². The van der Waals surface area contributed by atoms with Crippen molar-refractivity contribution in [1.82, 2.24) is 4.90 Å². The van der Waals surface area contributed by atoms with Crippen molar-refractivity contribution in [3.63, 3.8) is 0 Å². The smallest absolute Gasteiger partial charge is 0.341 e. The molecule has 0 atom stereocenters.